The standard InChI is InChI=1S/C21H43FN2O5/c1-7-17(2)23-8-9-26-10-11-27-12-13-28-14-15-29-18(3)19(22)16-24-20(25)21(4,5)6/h17-19,23H,7-16H2,1-6H3,(H,24,25). The van der Waals surface area contributed by atoms with Crippen LogP contribution < -0.4 is 10.6 Å². The number of halogens is 1. The molecule has 0 rings (SSSR count). The fourth-order valence-electron chi connectivity index (χ4n) is 2.08. The van der Waals surface area contributed by atoms with Gasteiger partial charge in [0.1, 0.15) is 6.17 Å². The summed E-state index contributed by atoms with van der Waals surface area (Å²) in [6.07, 6.45) is -0.760. The number of rotatable bonds is 18. The van der Waals surface area contributed by atoms with Crippen molar-refractivity contribution in [1.29, 1.82) is 0 Å². The Morgan fingerprint density at radius 1 is 0.931 bits per heavy atom. The molecular formula is C21H43FN2O5. The van der Waals surface area contributed by atoms with E-state index in [-0.39, 0.29) is 12.5 Å². The first-order valence-electron chi connectivity index (χ1n) is 10.7. The zero-order valence-electron chi connectivity index (χ0n) is 19.2. The smallest absolute Gasteiger partial charge is 0.225 e. The summed E-state index contributed by atoms with van der Waals surface area (Å²) in [6, 6.07) is 0.518. The van der Waals surface area contributed by atoms with Gasteiger partial charge < -0.3 is 29.6 Å². The Kier molecular flexibility index (Phi) is 16.5. The van der Waals surface area contributed by atoms with Gasteiger partial charge in [-0.1, -0.05) is 27.7 Å². The lowest BCUT2D eigenvalue weighted by Crippen LogP contribution is -2.41. The van der Waals surface area contributed by atoms with Crippen molar-refractivity contribution in [2.45, 2.75) is 66.3 Å². The normalized spacial score (nSPS) is 15.1. The van der Waals surface area contributed by atoms with Crippen LogP contribution in [0.1, 0.15) is 48.0 Å². The van der Waals surface area contributed by atoms with E-state index in [1.165, 1.54) is 0 Å². The number of carbonyl (C=O) groups excluding carboxylic acids is 1. The second kappa shape index (κ2) is 16.9. The topological polar surface area (TPSA) is 78.1 Å². The molecule has 0 radical (unpaired) electrons. The SMILES string of the molecule is CCC(C)NCCOCCOCCOCCOC(C)C(F)CNC(=O)C(C)(C)C. The van der Waals surface area contributed by atoms with E-state index in [2.05, 4.69) is 24.5 Å². The minimum absolute atomic E-state index is 0.0538. The Morgan fingerprint density at radius 3 is 1.97 bits per heavy atom. The van der Waals surface area contributed by atoms with E-state index >= 15 is 0 Å². The maximum atomic E-state index is 14.0. The summed E-state index contributed by atoms with van der Waals surface area (Å²) >= 11 is 0. The summed E-state index contributed by atoms with van der Waals surface area (Å²) in [7, 11) is 0. The molecule has 0 aliphatic carbocycles. The molecule has 29 heavy (non-hydrogen) atoms. The molecule has 0 saturated heterocycles. The van der Waals surface area contributed by atoms with E-state index in [1.54, 1.807) is 27.7 Å². The summed E-state index contributed by atoms with van der Waals surface area (Å²) in [5.41, 5.74) is -0.531. The molecule has 1 amide bonds. The highest BCUT2D eigenvalue weighted by Crippen LogP contribution is 2.12. The third-order valence-corrected chi connectivity index (χ3v) is 4.35. The molecule has 2 N–H and O–H groups in total. The molecule has 0 aromatic carbocycles. The van der Waals surface area contributed by atoms with Crippen LogP contribution in [0.4, 0.5) is 4.39 Å². The molecule has 0 aliphatic heterocycles. The van der Waals surface area contributed by atoms with Crippen LogP contribution in [-0.2, 0) is 23.7 Å². The van der Waals surface area contributed by atoms with Crippen molar-refractivity contribution in [3.63, 3.8) is 0 Å². The number of alkyl halides is 1. The summed E-state index contributed by atoms with van der Waals surface area (Å²) in [6.45, 7) is 15.5. The maximum Gasteiger partial charge on any atom is 0.225 e. The Hall–Kier alpha value is -0.800. The van der Waals surface area contributed by atoms with Gasteiger partial charge in [0, 0.05) is 18.0 Å². The van der Waals surface area contributed by atoms with E-state index in [0.717, 1.165) is 13.0 Å². The number of amides is 1. The molecule has 3 atom stereocenters. The largest absolute Gasteiger partial charge is 0.378 e. The maximum absolute atomic E-state index is 14.0. The van der Waals surface area contributed by atoms with Gasteiger partial charge in [-0.2, -0.15) is 0 Å². The fraction of sp³-hybridized carbons (Fsp3) is 0.952. The van der Waals surface area contributed by atoms with Crippen LogP contribution in [0.5, 0.6) is 0 Å². The second-order valence-corrected chi connectivity index (χ2v) is 8.15. The van der Waals surface area contributed by atoms with Gasteiger partial charge >= 0.3 is 0 Å². The van der Waals surface area contributed by atoms with Crippen LogP contribution in [0.15, 0.2) is 0 Å². The fourth-order valence-corrected chi connectivity index (χ4v) is 2.08. The van der Waals surface area contributed by atoms with Gasteiger partial charge in [0.05, 0.1) is 58.9 Å². The zero-order valence-corrected chi connectivity index (χ0v) is 19.2. The molecule has 7 nitrogen and oxygen atoms in total. The van der Waals surface area contributed by atoms with Gasteiger partial charge in [-0.05, 0) is 20.3 Å². The number of nitrogens with one attached hydrogen (secondary N) is 2. The van der Waals surface area contributed by atoms with Gasteiger partial charge in [-0.25, -0.2) is 4.39 Å². The minimum atomic E-state index is -1.26. The monoisotopic (exact) mass is 422 g/mol. The molecule has 0 heterocycles. The van der Waals surface area contributed by atoms with Crippen molar-refractivity contribution < 1.29 is 28.1 Å². The molecule has 8 heteroatoms. The number of hydrogen-bond donors (Lipinski definition) is 2. The molecule has 0 aromatic rings. The second-order valence-electron chi connectivity index (χ2n) is 8.15. The third-order valence-electron chi connectivity index (χ3n) is 4.35. The molecule has 0 fully saturated rings. The van der Waals surface area contributed by atoms with E-state index < -0.39 is 17.7 Å². The highest BCUT2D eigenvalue weighted by molar-refractivity contribution is 5.81. The summed E-state index contributed by atoms with van der Waals surface area (Å²) in [5, 5.41) is 5.96. The third kappa shape index (κ3) is 16.7. The summed E-state index contributed by atoms with van der Waals surface area (Å²) in [5.74, 6) is -0.177. The zero-order chi connectivity index (χ0) is 22.1. The molecule has 3 unspecified atom stereocenters. The quantitative estimate of drug-likeness (QED) is 0.330. The Bertz CT molecular complexity index is 407. The van der Waals surface area contributed by atoms with Crippen LogP contribution in [0, 0.1) is 5.41 Å². The summed E-state index contributed by atoms with van der Waals surface area (Å²) < 4.78 is 35.7. The average molecular weight is 423 g/mol. The molecule has 174 valence electrons. The summed E-state index contributed by atoms with van der Waals surface area (Å²) in [4.78, 5) is 11.7. The molecular weight excluding hydrogens is 379 g/mol. The van der Waals surface area contributed by atoms with Crippen molar-refractivity contribution in [1.82, 2.24) is 10.6 Å². The molecule has 0 aliphatic rings. The van der Waals surface area contributed by atoms with Gasteiger partial charge in [-0.3, -0.25) is 4.79 Å². The van der Waals surface area contributed by atoms with Crippen molar-refractivity contribution in [3.8, 4) is 0 Å². The van der Waals surface area contributed by atoms with Crippen molar-refractivity contribution in [2.75, 3.05) is 59.3 Å². The molecule has 0 aromatic heterocycles. The van der Waals surface area contributed by atoms with E-state index in [0.29, 0.717) is 52.3 Å². The van der Waals surface area contributed by atoms with Gasteiger partial charge in [0.15, 0.2) is 0 Å². The molecule has 0 saturated carbocycles. The predicted octanol–water partition coefficient (Wildman–Crippen LogP) is 2.33. The lowest BCUT2D eigenvalue weighted by molar-refractivity contribution is -0.129. The lowest BCUT2D eigenvalue weighted by atomic mass is 9.95. The Morgan fingerprint density at radius 2 is 1.45 bits per heavy atom. The van der Waals surface area contributed by atoms with Crippen LogP contribution in [-0.4, -0.2) is 83.6 Å². The number of hydrogen-bond acceptors (Lipinski definition) is 6. The first kappa shape index (κ1) is 28.2. The van der Waals surface area contributed by atoms with Crippen LogP contribution in [0.2, 0.25) is 0 Å². The predicted molar refractivity (Wildman–Crippen MR) is 113 cm³/mol. The Balaban J connectivity index is 3.44. The molecule has 0 bridgehead atoms. The number of ether oxygens (including phenoxy) is 4. The van der Waals surface area contributed by atoms with Crippen LogP contribution in [0.25, 0.3) is 0 Å². The van der Waals surface area contributed by atoms with E-state index in [9.17, 15) is 9.18 Å². The van der Waals surface area contributed by atoms with Crippen molar-refractivity contribution in [3.05, 3.63) is 0 Å². The van der Waals surface area contributed by atoms with Crippen molar-refractivity contribution in [2.24, 2.45) is 5.41 Å². The Labute approximate surface area is 176 Å². The highest BCUT2D eigenvalue weighted by Gasteiger charge is 2.23. The van der Waals surface area contributed by atoms with Crippen LogP contribution in [0.3, 0.4) is 0 Å². The first-order chi connectivity index (χ1) is 13.7. The first-order valence-corrected chi connectivity index (χ1v) is 10.7. The average Bonchev–Trinajstić information content (AvgIpc) is 2.67. The van der Waals surface area contributed by atoms with Gasteiger partial charge in [-0.15, -0.1) is 0 Å². The van der Waals surface area contributed by atoms with Crippen molar-refractivity contribution >= 4 is 5.91 Å². The lowest BCUT2D eigenvalue weighted by Gasteiger charge is -2.21. The minimum Gasteiger partial charge on any atom is -0.378 e. The van der Waals surface area contributed by atoms with E-state index in [4.69, 9.17) is 18.9 Å². The van der Waals surface area contributed by atoms with Gasteiger partial charge in [0.2, 0.25) is 5.91 Å². The van der Waals surface area contributed by atoms with E-state index in [1.807, 2.05) is 0 Å². The highest BCUT2D eigenvalue weighted by atomic mass is 19.1. The van der Waals surface area contributed by atoms with Crippen LogP contribution >= 0.6 is 0 Å². The number of carbonyl (C=O) groups is 1. The van der Waals surface area contributed by atoms with Gasteiger partial charge in [0.25, 0.3) is 0 Å². The molecule has 0 spiro atoms.